The summed E-state index contributed by atoms with van der Waals surface area (Å²) in [7, 11) is 0. The maximum absolute atomic E-state index is 9.26. The topological polar surface area (TPSA) is 32.3 Å². The first-order chi connectivity index (χ1) is 7.88. The number of aliphatic hydroxyl groups excluding tert-OH is 1. The molecule has 0 radical (unpaired) electrons. The lowest BCUT2D eigenvalue weighted by Gasteiger charge is -2.39. The van der Waals surface area contributed by atoms with E-state index in [1.54, 1.807) is 0 Å². The van der Waals surface area contributed by atoms with Crippen molar-refractivity contribution >= 4 is 0 Å². The number of fused-ring (bicyclic) bond motifs is 2. The Hall–Kier alpha value is -0.0800. The summed E-state index contributed by atoms with van der Waals surface area (Å²) in [6, 6.07) is 0.699. The van der Waals surface area contributed by atoms with E-state index >= 15 is 0 Å². The average Bonchev–Trinajstić information content (AvgIpc) is 2.56. The van der Waals surface area contributed by atoms with E-state index in [9.17, 15) is 5.11 Å². The third kappa shape index (κ3) is 2.15. The molecule has 2 aliphatic rings. The molecule has 2 fully saturated rings. The highest BCUT2D eigenvalue weighted by atomic mass is 16.3. The summed E-state index contributed by atoms with van der Waals surface area (Å²) in [6.07, 6.45) is 6.04. The number of aliphatic hydroxyl groups is 1. The van der Waals surface area contributed by atoms with Gasteiger partial charge in [-0.15, -0.1) is 0 Å². The van der Waals surface area contributed by atoms with Gasteiger partial charge in [-0.05, 0) is 62.3 Å². The number of hydrogen-bond donors (Lipinski definition) is 2. The van der Waals surface area contributed by atoms with Crippen LogP contribution in [0.2, 0.25) is 0 Å². The first kappa shape index (κ1) is 13.4. The summed E-state index contributed by atoms with van der Waals surface area (Å²) >= 11 is 0. The molecule has 2 bridgehead atoms. The normalized spacial score (nSPS) is 40.8. The molecule has 2 rings (SSSR count). The fourth-order valence-electron chi connectivity index (χ4n) is 4.19. The zero-order valence-corrected chi connectivity index (χ0v) is 11.9. The molecule has 4 unspecified atom stereocenters. The van der Waals surface area contributed by atoms with Crippen LogP contribution in [0.25, 0.3) is 0 Å². The summed E-state index contributed by atoms with van der Waals surface area (Å²) in [5.41, 5.74) is 0.997. The molecule has 2 aliphatic carbocycles. The Morgan fingerprint density at radius 1 is 1.35 bits per heavy atom. The molecule has 0 spiro atoms. The minimum absolute atomic E-state index is 0.149. The summed E-state index contributed by atoms with van der Waals surface area (Å²) in [5, 5.41) is 13.0. The van der Waals surface area contributed by atoms with E-state index in [0.717, 1.165) is 25.3 Å². The summed E-state index contributed by atoms with van der Waals surface area (Å²) in [5.74, 6) is 0.918. The van der Waals surface area contributed by atoms with Crippen LogP contribution in [0.3, 0.4) is 0 Å². The van der Waals surface area contributed by atoms with Crippen molar-refractivity contribution in [3.05, 3.63) is 0 Å². The highest BCUT2D eigenvalue weighted by molar-refractivity contribution is 5.12. The third-order valence-corrected chi connectivity index (χ3v) is 5.98. The van der Waals surface area contributed by atoms with Gasteiger partial charge >= 0.3 is 0 Å². The molecular formula is C15H29NO. The van der Waals surface area contributed by atoms with Gasteiger partial charge in [-0.2, -0.15) is 0 Å². The molecule has 0 aromatic carbocycles. The fraction of sp³-hybridized carbons (Fsp3) is 1.00. The molecule has 100 valence electrons. The van der Waals surface area contributed by atoms with Crippen molar-refractivity contribution < 1.29 is 5.11 Å². The van der Waals surface area contributed by atoms with E-state index in [4.69, 9.17) is 0 Å². The van der Waals surface area contributed by atoms with Crippen molar-refractivity contribution in [3.8, 4) is 0 Å². The molecule has 0 aliphatic heterocycles. The van der Waals surface area contributed by atoms with Gasteiger partial charge in [0.25, 0.3) is 0 Å². The van der Waals surface area contributed by atoms with Crippen molar-refractivity contribution in [2.45, 2.75) is 71.9 Å². The summed E-state index contributed by atoms with van der Waals surface area (Å²) in [4.78, 5) is 0. The van der Waals surface area contributed by atoms with E-state index in [0.29, 0.717) is 16.9 Å². The Kier molecular flexibility index (Phi) is 3.57. The summed E-state index contributed by atoms with van der Waals surface area (Å²) < 4.78 is 0. The molecule has 0 amide bonds. The van der Waals surface area contributed by atoms with Crippen LogP contribution in [0.15, 0.2) is 0 Å². The highest BCUT2D eigenvalue weighted by Crippen LogP contribution is 2.65. The van der Waals surface area contributed by atoms with Gasteiger partial charge in [0.15, 0.2) is 0 Å². The Balaban J connectivity index is 1.84. The Morgan fingerprint density at radius 2 is 2.06 bits per heavy atom. The maximum Gasteiger partial charge on any atom is 0.0512 e. The molecule has 2 heteroatoms. The lowest BCUT2D eigenvalue weighted by atomic mass is 9.69. The fourth-order valence-corrected chi connectivity index (χ4v) is 4.19. The first-order valence-corrected chi connectivity index (χ1v) is 7.29. The minimum Gasteiger partial charge on any atom is -0.393 e. The average molecular weight is 239 g/mol. The lowest BCUT2D eigenvalue weighted by Crippen LogP contribution is -2.44. The molecule has 2 nitrogen and oxygen atoms in total. The van der Waals surface area contributed by atoms with Gasteiger partial charge in [-0.3, -0.25) is 0 Å². The van der Waals surface area contributed by atoms with Crippen molar-refractivity contribution in [3.63, 3.8) is 0 Å². The van der Waals surface area contributed by atoms with E-state index < -0.39 is 0 Å². The van der Waals surface area contributed by atoms with Gasteiger partial charge in [-0.1, -0.05) is 20.8 Å². The van der Waals surface area contributed by atoms with Crippen molar-refractivity contribution in [1.29, 1.82) is 0 Å². The molecule has 2 N–H and O–H groups in total. The van der Waals surface area contributed by atoms with Crippen LogP contribution >= 0.6 is 0 Å². The van der Waals surface area contributed by atoms with Gasteiger partial charge in [-0.25, -0.2) is 0 Å². The SMILES string of the molecule is CC(O)CCCNC1CC2CCC1(C)C2(C)C. The highest BCUT2D eigenvalue weighted by Gasteiger charge is 2.60. The number of nitrogens with one attached hydrogen (secondary N) is 1. The first-order valence-electron chi connectivity index (χ1n) is 7.29. The van der Waals surface area contributed by atoms with Gasteiger partial charge in [0, 0.05) is 6.04 Å². The molecule has 17 heavy (non-hydrogen) atoms. The van der Waals surface area contributed by atoms with Crippen molar-refractivity contribution in [2.24, 2.45) is 16.7 Å². The maximum atomic E-state index is 9.26. The molecule has 2 saturated carbocycles. The largest absolute Gasteiger partial charge is 0.393 e. The van der Waals surface area contributed by atoms with Crippen LogP contribution in [0.4, 0.5) is 0 Å². The van der Waals surface area contributed by atoms with Gasteiger partial charge in [0.1, 0.15) is 0 Å². The van der Waals surface area contributed by atoms with Gasteiger partial charge in [0.05, 0.1) is 6.10 Å². The van der Waals surface area contributed by atoms with Crippen molar-refractivity contribution in [1.82, 2.24) is 5.32 Å². The standard InChI is InChI=1S/C15H29NO/c1-11(17)6-5-9-16-13-10-12-7-8-15(13,4)14(12,2)3/h11-13,16-17H,5-10H2,1-4H3. The van der Waals surface area contributed by atoms with E-state index in [-0.39, 0.29) is 6.10 Å². The smallest absolute Gasteiger partial charge is 0.0512 e. The molecule has 0 aromatic heterocycles. The van der Waals surface area contributed by atoms with E-state index in [1.807, 2.05) is 6.92 Å². The second kappa shape index (κ2) is 4.55. The zero-order chi connectivity index (χ0) is 12.7. The predicted octanol–water partition coefficient (Wildman–Crippen LogP) is 2.95. The van der Waals surface area contributed by atoms with E-state index in [1.165, 1.54) is 19.3 Å². The van der Waals surface area contributed by atoms with Crippen LogP contribution < -0.4 is 5.32 Å². The zero-order valence-electron chi connectivity index (χ0n) is 11.9. The van der Waals surface area contributed by atoms with Gasteiger partial charge < -0.3 is 10.4 Å². The minimum atomic E-state index is -0.149. The molecule has 0 aromatic rings. The molecule has 4 atom stereocenters. The van der Waals surface area contributed by atoms with Crippen LogP contribution in [-0.4, -0.2) is 23.8 Å². The summed E-state index contributed by atoms with van der Waals surface area (Å²) in [6.45, 7) is 10.3. The molecule has 0 saturated heterocycles. The molecule has 0 heterocycles. The lowest BCUT2D eigenvalue weighted by molar-refractivity contribution is 0.119. The molecular weight excluding hydrogens is 210 g/mol. The second-order valence-corrected chi connectivity index (χ2v) is 7.11. The Labute approximate surface area is 106 Å². The number of rotatable bonds is 5. The predicted molar refractivity (Wildman–Crippen MR) is 71.9 cm³/mol. The second-order valence-electron chi connectivity index (χ2n) is 7.11. The van der Waals surface area contributed by atoms with Crippen LogP contribution in [0, 0.1) is 16.7 Å². The van der Waals surface area contributed by atoms with Crippen LogP contribution in [0.1, 0.15) is 59.8 Å². The Morgan fingerprint density at radius 3 is 2.53 bits per heavy atom. The van der Waals surface area contributed by atoms with E-state index in [2.05, 4.69) is 26.1 Å². The van der Waals surface area contributed by atoms with Gasteiger partial charge in [0.2, 0.25) is 0 Å². The Bertz CT molecular complexity index is 274. The quantitative estimate of drug-likeness (QED) is 0.723. The number of hydrogen-bond acceptors (Lipinski definition) is 2. The van der Waals surface area contributed by atoms with Crippen LogP contribution in [-0.2, 0) is 0 Å². The monoisotopic (exact) mass is 239 g/mol. The third-order valence-electron chi connectivity index (χ3n) is 5.98. The van der Waals surface area contributed by atoms with Crippen molar-refractivity contribution in [2.75, 3.05) is 6.54 Å². The van der Waals surface area contributed by atoms with Crippen LogP contribution in [0.5, 0.6) is 0 Å².